The summed E-state index contributed by atoms with van der Waals surface area (Å²) in [4.78, 5) is 0. The van der Waals surface area contributed by atoms with E-state index >= 15 is 0 Å². The summed E-state index contributed by atoms with van der Waals surface area (Å²) in [5.74, 6) is 1.85. The fourth-order valence-corrected chi connectivity index (χ4v) is 7.87. The summed E-state index contributed by atoms with van der Waals surface area (Å²) >= 11 is 0.169. The van der Waals surface area contributed by atoms with Crippen LogP contribution in [0.4, 0.5) is 0 Å². The van der Waals surface area contributed by atoms with E-state index in [1.165, 1.54) is 38.5 Å². The Morgan fingerprint density at radius 3 is 1.79 bits per heavy atom. The SMILES string of the molecule is C1=CCC2CC[CH]([Ti][CH]3CCC4CC=CC=C43)C2=C1. The van der Waals surface area contributed by atoms with E-state index in [1.807, 2.05) is 11.1 Å². The first-order valence-electron chi connectivity index (χ1n) is 7.91. The molecule has 0 bridgehead atoms. The average molecular weight is 286 g/mol. The van der Waals surface area contributed by atoms with E-state index in [0.29, 0.717) is 0 Å². The molecule has 4 unspecified atom stereocenters. The van der Waals surface area contributed by atoms with Gasteiger partial charge in [-0.25, -0.2) is 0 Å². The van der Waals surface area contributed by atoms with Gasteiger partial charge in [-0.1, -0.05) is 0 Å². The van der Waals surface area contributed by atoms with E-state index < -0.39 is 0 Å². The van der Waals surface area contributed by atoms with Crippen molar-refractivity contribution in [1.82, 2.24) is 0 Å². The Bertz CT molecular complexity index is 436. The van der Waals surface area contributed by atoms with E-state index in [9.17, 15) is 0 Å². The molecule has 0 aromatic carbocycles. The normalized spacial score (nSPS) is 39.6. The average Bonchev–Trinajstić information content (AvgIpc) is 3.05. The first-order chi connectivity index (χ1) is 9.42. The zero-order valence-corrected chi connectivity index (χ0v) is 13.1. The molecule has 1 heteroatoms. The van der Waals surface area contributed by atoms with Crippen LogP contribution in [0.15, 0.2) is 47.6 Å². The molecule has 0 N–H and O–H groups in total. The molecule has 0 aliphatic heterocycles. The third-order valence-electron chi connectivity index (χ3n) is 5.45. The van der Waals surface area contributed by atoms with Gasteiger partial charge in [0, 0.05) is 0 Å². The number of allylic oxidation sites excluding steroid dienone is 8. The molecule has 0 amide bonds. The molecule has 2 saturated carbocycles. The van der Waals surface area contributed by atoms with Gasteiger partial charge in [0.1, 0.15) is 0 Å². The van der Waals surface area contributed by atoms with E-state index in [1.54, 1.807) is 0 Å². The summed E-state index contributed by atoms with van der Waals surface area (Å²) in [6.07, 6.45) is 22.9. The maximum atomic E-state index is 2.47. The molecule has 0 aromatic heterocycles. The topological polar surface area (TPSA) is 0 Å². The summed E-state index contributed by atoms with van der Waals surface area (Å²) in [6, 6.07) is 0. The molecule has 98 valence electrons. The summed E-state index contributed by atoms with van der Waals surface area (Å²) in [7, 11) is 0. The van der Waals surface area contributed by atoms with Crippen molar-refractivity contribution in [3.05, 3.63) is 47.6 Å². The Balaban J connectivity index is 1.50. The molecule has 2 fully saturated rings. The zero-order valence-electron chi connectivity index (χ0n) is 11.5. The quantitative estimate of drug-likeness (QED) is 0.609. The summed E-state index contributed by atoms with van der Waals surface area (Å²) in [6.45, 7) is 0. The number of fused-ring (bicyclic) bond motifs is 2. The van der Waals surface area contributed by atoms with Crippen LogP contribution in [0.5, 0.6) is 0 Å². The van der Waals surface area contributed by atoms with Crippen LogP contribution in [0, 0.1) is 11.8 Å². The predicted molar refractivity (Wildman–Crippen MR) is 76.6 cm³/mol. The first kappa shape index (κ1) is 12.4. The van der Waals surface area contributed by atoms with Crippen LogP contribution in [-0.4, -0.2) is 0 Å². The van der Waals surface area contributed by atoms with Crippen molar-refractivity contribution in [3.8, 4) is 0 Å². The summed E-state index contributed by atoms with van der Waals surface area (Å²) in [5.41, 5.74) is 3.69. The second kappa shape index (κ2) is 5.22. The van der Waals surface area contributed by atoms with Gasteiger partial charge in [0.15, 0.2) is 0 Å². The molecule has 0 saturated heterocycles. The van der Waals surface area contributed by atoms with Crippen molar-refractivity contribution in [1.29, 1.82) is 0 Å². The molecule has 0 nitrogen and oxygen atoms in total. The van der Waals surface area contributed by atoms with E-state index in [0.717, 1.165) is 20.3 Å². The molecule has 19 heavy (non-hydrogen) atoms. The standard InChI is InChI=1S/2C9H11.Ti/c2*1-2-5-9-7-3-6-8(9)4-1;/h2*1-2,4,6,9H,3,5,7H2;. The minimum absolute atomic E-state index is 0.169. The molecule has 4 aliphatic carbocycles. The van der Waals surface area contributed by atoms with Gasteiger partial charge in [0.2, 0.25) is 0 Å². The summed E-state index contributed by atoms with van der Waals surface area (Å²) in [5, 5.41) is 0. The van der Waals surface area contributed by atoms with Crippen LogP contribution in [0.1, 0.15) is 38.5 Å². The molecule has 4 aliphatic rings. The number of hydrogen-bond donors (Lipinski definition) is 0. The number of rotatable bonds is 2. The van der Waals surface area contributed by atoms with Gasteiger partial charge in [-0.3, -0.25) is 0 Å². The van der Waals surface area contributed by atoms with Crippen LogP contribution < -0.4 is 0 Å². The Kier molecular flexibility index (Phi) is 3.41. The van der Waals surface area contributed by atoms with Crippen molar-refractivity contribution >= 4 is 0 Å². The molecule has 4 atom stereocenters. The second-order valence-corrected chi connectivity index (χ2v) is 9.18. The van der Waals surface area contributed by atoms with Crippen molar-refractivity contribution in [2.75, 3.05) is 0 Å². The predicted octanol–water partition coefficient (Wildman–Crippen LogP) is 5.24. The Labute approximate surface area is 125 Å². The van der Waals surface area contributed by atoms with Crippen molar-refractivity contribution in [2.24, 2.45) is 11.8 Å². The molecule has 4 rings (SSSR count). The third kappa shape index (κ3) is 2.28. The van der Waals surface area contributed by atoms with Gasteiger partial charge in [0.25, 0.3) is 0 Å². The first-order valence-corrected chi connectivity index (χ1v) is 9.71. The van der Waals surface area contributed by atoms with Gasteiger partial charge in [-0.15, -0.1) is 0 Å². The summed E-state index contributed by atoms with van der Waals surface area (Å²) < 4.78 is 2.04. The van der Waals surface area contributed by atoms with Crippen LogP contribution in [-0.2, 0) is 19.2 Å². The maximum absolute atomic E-state index is 2.47. The zero-order chi connectivity index (χ0) is 12.7. The Morgan fingerprint density at radius 2 is 1.26 bits per heavy atom. The van der Waals surface area contributed by atoms with E-state index in [4.69, 9.17) is 0 Å². The molecular weight excluding hydrogens is 264 g/mol. The van der Waals surface area contributed by atoms with Crippen LogP contribution in [0.25, 0.3) is 0 Å². The third-order valence-corrected chi connectivity index (χ3v) is 8.65. The van der Waals surface area contributed by atoms with E-state index in [2.05, 4.69) is 36.5 Å². The number of hydrogen-bond acceptors (Lipinski definition) is 0. The molecule has 0 heterocycles. The monoisotopic (exact) mass is 286 g/mol. The van der Waals surface area contributed by atoms with Crippen LogP contribution >= 0.6 is 0 Å². The van der Waals surface area contributed by atoms with Crippen molar-refractivity contribution in [2.45, 2.75) is 47.0 Å². The van der Waals surface area contributed by atoms with Gasteiger partial charge in [0.05, 0.1) is 0 Å². The van der Waals surface area contributed by atoms with Crippen LogP contribution in [0.2, 0.25) is 8.45 Å². The van der Waals surface area contributed by atoms with Gasteiger partial charge in [-0.05, 0) is 0 Å². The Morgan fingerprint density at radius 1 is 0.737 bits per heavy atom. The Hall–Kier alpha value is -0.326. The molecule has 0 aromatic rings. The molecular formula is C18H22Ti. The second-order valence-electron chi connectivity index (χ2n) is 6.48. The van der Waals surface area contributed by atoms with Gasteiger partial charge < -0.3 is 0 Å². The van der Waals surface area contributed by atoms with Crippen molar-refractivity contribution in [3.63, 3.8) is 0 Å². The molecule has 0 radical (unpaired) electrons. The van der Waals surface area contributed by atoms with Crippen LogP contribution in [0.3, 0.4) is 0 Å². The molecule has 0 spiro atoms. The van der Waals surface area contributed by atoms with Gasteiger partial charge >= 0.3 is 126 Å². The van der Waals surface area contributed by atoms with E-state index in [-0.39, 0.29) is 19.2 Å². The fourth-order valence-electron chi connectivity index (χ4n) is 4.43. The van der Waals surface area contributed by atoms with Crippen molar-refractivity contribution < 1.29 is 19.2 Å². The van der Waals surface area contributed by atoms with Gasteiger partial charge in [-0.2, -0.15) is 0 Å². The fraction of sp³-hybridized carbons (Fsp3) is 0.556. The minimum atomic E-state index is 0.169.